The van der Waals surface area contributed by atoms with E-state index in [2.05, 4.69) is 63.9 Å². The quantitative estimate of drug-likeness (QED) is 0.805. The third kappa shape index (κ3) is 3.17. The second kappa shape index (κ2) is 6.34. The van der Waals surface area contributed by atoms with Crippen LogP contribution in [0, 0.1) is 0 Å². The van der Waals surface area contributed by atoms with Crippen molar-refractivity contribution < 1.29 is 0 Å². The normalized spacial score (nSPS) is 17.0. The fourth-order valence-corrected chi connectivity index (χ4v) is 3.11. The monoisotopic (exact) mass is 304 g/mol. The summed E-state index contributed by atoms with van der Waals surface area (Å²) in [6.45, 7) is 1.81. The molecular weight excluding hydrogens is 284 g/mol. The lowest BCUT2D eigenvalue weighted by atomic mass is 10.0. The number of aromatic nitrogens is 3. The average molecular weight is 304 g/mol. The van der Waals surface area contributed by atoms with Gasteiger partial charge in [0.25, 0.3) is 0 Å². The van der Waals surface area contributed by atoms with Gasteiger partial charge in [-0.25, -0.2) is 9.67 Å². The van der Waals surface area contributed by atoms with Crippen LogP contribution in [0.5, 0.6) is 0 Å². The van der Waals surface area contributed by atoms with Gasteiger partial charge in [0.1, 0.15) is 12.2 Å². The number of nitrogens with one attached hydrogen (secondary N) is 1. The first-order chi connectivity index (χ1) is 11.4. The van der Waals surface area contributed by atoms with E-state index in [-0.39, 0.29) is 0 Å². The number of nitrogens with zero attached hydrogens (tertiary/aromatic N) is 3. The van der Waals surface area contributed by atoms with E-state index in [1.54, 1.807) is 6.33 Å². The lowest BCUT2D eigenvalue weighted by molar-refractivity contribution is 0.358. The molecule has 0 amide bonds. The maximum atomic E-state index is 4.27. The van der Waals surface area contributed by atoms with Crippen LogP contribution in [0.2, 0.25) is 0 Å². The van der Waals surface area contributed by atoms with Gasteiger partial charge in [0, 0.05) is 19.0 Å². The van der Waals surface area contributed by atoms with Crippen LogP contribution in [-0.2, 0) is 19.5 Å². The number of aryl methyl sites for hydroxylation is 1. The predicted octanol–water partition coefficient (Wildman–Crippen LogP) is 3.05. The zero-order valence-electron chi connectivity index (χ0n) is 13.0. The standard InChI is InChI=1S/C19H20N4/c1-2-4-16(5-3-1)17-8-6-15(7-9-17)12-20-18-10-11-19-21-14-22-23(19)13-18/h1-9,14,18,20H,10-13H2. The Hall–Kier alpha value is -2.46. The molecule has 4 rings (SSSR count). The van der Waals surface area contributed by atoms with Gasteiger partial charge in [-0.3, -0.25) is 0 Å². The molecule has 1 unspecified atom stereocenters. The van der Waals surface area contributed by atoms with Crippen molar-refractivity contribution in [1.29, 1.82) is 0 Å². The lowest BCUT2D eigenvalue weighted by Crippen LogP contribution is -2.37. The highest BCUT2D eigenvalue weighted by atomic mass is 15.3. The molecule has 1 aromatic heterocycles. The molecule has 116 valence electrons. The van der Waals surface area contributed by atoms with Gasteiger partial charge in [0.05, 0.1) is 6.54 Å². The van der Waals surface area contributed by atoms with Crippen molar-refractivity contribution in [3.8, 4) is 11.1 Å². The summed E-state index contributed by atoms with van der Waals surface area (Å²) in [5.41, 5.74) is 3.84. The van der Waals surface area contributed by atoms with E-state index in [9.17, 15) is 0 Å². The minimum Gasteiger partial charge on any atom is -0.308 e. The van der Waals surface area contributed by atoms with Crippen molar-refractivity contribution >= 4 is 0 Å². The van der Waals surface area contributed by atoms with Gasteiger partial charge in [0.2, 0.25) is 0 Å². The van der Waals surface area contributed by atoms with Gasteiger partial charge >= 0.3 is 0 Å². The van der Waals surface area contributed by atoms with Crippen molar-refractivity contribution in [2.24, 2.45) is 0 Å². The Morgan fingerprint density at radius 3 is 2.61 bits per heavy atom. The van der Waals surface area contributed by atoms with E-state index in [1.165, 1.54) is 16.7 Å². The van der Waals surface area contributed by atoms with E-state index in [4.69, 9.17) is 0 Å². The molecule has 0 saturated heterocycles. The highest BCUT2D eigenvalue weighted by Gasteiger charge is 2.18. The summed E-state index contributed by atoms with van der Waals surface area (Å²) < 4.78 is 2.01. The second-order valence-corrected chi connectivity index (χ2v) is 6.04. The third-order valence-electron chi connectivity index (χ3n) is 4.46. The fourth-order valence-electron chi connectivity index (χ4n) is 3.11. The first-order valence-electron chi connectivity index (χ1n) is 8.13. The molecule has 4 heteroatoms. The van der Waals surface area contributed by atoms with Gasteiger partial charge in [-0.2, -0.15) is 5.10 Å². The molecule has 3 aromatic rings. The zero-order valence-corrected chi connectivity index (χ0v) is 13.0. The van der Waals surface area contributed by atoms with Gasteiger partial charge in [-0.05, 0) is 23.1 Å². The van der Waals surface area contributed by atoms with Crippen LogP contribution in [0.1, 0.15) is 17.8 Å². The maximum Gasteiger partial charge on any atom is 0.138 e. The van der Waals surface area contributed by atoms with E-state index in [1.807, 2.05) is 10.7 Å². The van der Waals surface area contributed by atoms with Crippen molar-refractivity contribution in [3.63, 3.8) is 0 Å². The molecule has 0 aliphatic carbocycles. The molecular formula is C19H20N4. The molecule has 4 nitrogen and oxygen atoms in total. The molecule has 1 aliphatic heterocycles. The Morgan fingerprint density at radius 2 is 1.78 bits per heavy atom. The van der Waals surface area contributed by atoms with Crippen LogP contribution in [0.25, 0.3) is 11.1 Å². The summed E-state index contributed by atoms with van der Waals surface area (Å²) in [6.07, 6.45) is 3.78. The minimum atomic E-state index is 0.470. The van der Waals surface area contributed by atoms with Crippen LogP contribution < -0.4 is 5.32 Å². The fraction of sp³-hybridized carbons (Fsp3) is 0.263. The first-order valence-corrected chi connectivity index (χ1v) is 8.13. The molecule has 23 heavy (non-hydrogen) atoms. The highest BCUT2D eigenvalue weighted by molar-refractivity contribution is 5.63. The van der Waals surface area contributed by atoms with Gasteiger partial charge in [-0.15, -0.1) is 0 Å². The van der Waals surface area contributed by atoms with Crippen molar-refractivity contribution in [2.75, 3.05) is 0 Å². The summed E-state index contributed by atoms with van der Waals surface area (Å²) in [7, 11) is 0. The van der Waals surface area contributed by atoms with Crippen LogP contribution in [0.4, 0.5) is 0 Å². The smallest absolute Gasteiger partial charge is 0.138 e. The molecule has 0 fully saturated rings. The van der Waals surface area contributed by atoms with Gasteiger partial charge in [0.15, 0.2) is 0 Å². The van der Waals surface area contributed by atoms with E-state index in [0.717, 1.165) is 31.8 Å². The molecule has 0 bridgehead atoms. The summed E-state index contributed by atoms with van der Waals surface area (Å²) >= 11 is 0. The second-order valence-electron chi connectivity index (χ2n) is 6.04. The Morgan fingerprint density at radius 1 is 1.00 bits per heavy atom. The SMILES string of the molecule is c1ccc(-c2ccc(CNC3CCc4ncnn4C3)cc2)cc1. The van der Waals surface area contributed by atoms with Crippen molar-refractivity contribution in [1.82, 2.24) is 20.1 Å². The predicted molar refractivity (Wildman–Crippen MR) is 90.8 cm³/mol. The molecule has 0 saturated carbocycles. The molecule has 0 spiro atoms. The topological polar surface area (TPSA) is 42.7 Å². The molecule has 1 atom stereocenters. The van der Waals surface area contributed by atoms with E-state index >= 15 is 0 Å². The Kier molecular flexibility index (Phi) is 3.90. The van der Waals surface area contributed by atoms with Crippen LogP contribution in [0.15, 0.2) is 60.9 Å². The van der Waals surface area contributed by atoms with Gasteiger partial charge in [-0.1, -0.05) is 54.6 Å². The molecule has 1 N–H and O–H groups in total. The Bertz CT molecular complexity index is 762. The highest BCUT2D eigenvalue weighted by Crippen LogP contribution is 2.19. The number of hydrogen-bond donors (Lipinski definition) is 1. The Balaban J connectivity index is 1.37. The number of rotatable bonds is 4. The summed E-state index contributed by atoms with van der Waals surface area (Å²) in [5.74, 6) is 1.11. The van der Waals surface area contributed by atoms with Crippen LogP contribution in [0.3, 0.4) is 0 Å². The summed E-state index contributed by atoms with van der Waals surface area (Å²) in [4.78, 5) is 4.27. The van der Waals surface area contributed by atoms with Gasteiger partial charge < -0.3 is 5.32 Å². The van der Waals surface area contributed by atoms with E-state index in [0.29, 0.717) is 6.04 Å². The third-order valence-corrected chi connectivity index (χ3v) is 4.46. The number of fused-ring (bicyclic) bond motifs is 1. The minimum absolute atomic E-state index is 0.470. The summed E-state index contributed by atoms with van der Waals surface area (Å²) in [6, 6.07) is 19.8. The molecule has 0 radical (unpaired) electrons. The maximum absolute atomic E-state index is 4.27. The molecule has 1 aliphatic rings. The van der Waals surface area contributed by atoms with E-state index < -0.39 is 0 Å². The number of benzene rings is 2. The van der Waals surface area contributed by atoms with Crippen molar-refractivity contribution in [3.05, 3.63) is 72.3 Å². The largest absolute Gasteiger partial charge is 0.308 e. The first kappa shape index (κ1) is 14.2. The molecule has 2 heterocycles. The van der Waals surface area contributed by atoms with Crippen LogP contribution in [-0.4, -0.2) is 20.8 Å². The lowest BCUT2D eigenvalue weighted by Gasteiger charge is -2.23. The molecule has 2 aromatic carbocycles. The average Bonchev–Trinajstić information content (AvgIpc) is 3.09. The summed E-state index contributed by atoms with van der Waals surface area (Å²) in [5, 5.41) is 7.91. The Labute approximate surface area is 136 Å². The van der Waals surface area contributed by atoms with Crippen LogP contribution >= 0.6 is 0 Å². The van der Waals surface area contributed by atoms with Crippen molar-refractivity contribution in [2.45, 2.75) is 32.0 Å². The number of hydrogen-bond acceptors (Lipinski definition) is 3. The zero-order chi connectivity index (χ0) is 15.5.